The summed E-state index contributed by atoms with van der Waals surface area (Å²) in [6.45, 7) is 6.08. The van der Waals surface area contributed by atoms with E-state index in [0.29, 0.717) is 36.9 Å². The lowest BCUT2D eigenvalue weighted by atomic mass is 9.96. The average Bonchev–Trinajstić information content (AvgIpc) is 3.30. The van der Waals surface area contributed by atoms with Gasteiger partial charge in [0.2, 0.25) is 15.9 Å². The summed E-state index contributed by atoms with van der Waals surface area (Å²) in [6.07, 6.45) is 5.38. The molecule has 1 amide bonds. The Hall–Kier alpha value is -2.68. The van der Waals surface area contributed by atoms with E-state index in [1.807, 2.05) is 30.5 Å². The molecule has 0 aliphatic carbocycles. The predicted molar refractivity (Wildman–Crippen MR) is 140 cm³/mol. The molecule has 0 atom stereocenters. The first kappa shape index (κ1) is 25.0. The van der Waals surface area contributed by atoms with E-state index >= 15 is 0 Å². The summed E-state index contributed by atoms with van der Waals surface area (Å²) in [7, 11) is -1.88. The fourth-order valence-electron chi connectivity index (χ4n) is 5.61. The number of carbonyl (C=O) groups excluding carboxylic acids is 1. The second-order valence-corrected chi connectivity index (χ2v) is 12.2. The third-order valence-electron chi connectivity index (χ3n) is 7.84. The Kier molecular flexibility index (Phi) is 7.19. The Morgan fingerprint density at radius 2 is 1.86 bits per heavy atom. The zero-order chi connectivity index (χ0) is 25.3. The number of hydrogen-bond acceptors (Lipinski definition) is 5. The van der Waals surface area contributed by atoms with Crippen LogP contribution in [0.2, 0.25) is 0 Å². The fourth-order valence-corrected chi connectivity index (χ4v) is 7.15. The van der Waals surface area contributed by atoms with Gasteiger partial charge >= 0.3 is 0 Å². The second-order valence-electron chi connectivity index (χ2n) is 10.2. The van der Waals surface area contributed by atoms with Crippen molar-refractivity contribution in [2.75, 3.05) is 39.8 Å². The van der Waals surface area contributed by atoms with E-state index in [9.17, 15) is 13.2 Å². The highest BCUT2D eigenvalue weighted by molar-refractivity contribution is 7.89. The SMILES string of the molecule is CC(=O)N1CCc2c(cccc2S(=O)(=O)N(C)CC2CCN(CCc3coc4ccccc34)CC2)C1. The Morgan fingerprint density at radius 3 is 2.64 bits per heavy atom. The molecule has 7 nitrogen and oxygen atoms in total. The van der Waals surface area contributed by atoms with Crippen LogP contribution in [0, 0.1) is 5.92 Å². The highest BCUT2D eigenvalue weighted by Gasteiger charge is 2.30. The molecule has 1 fully saturated rings. The number of carbonyl (C=O) groups is 1. The summed E-state index contributed by atoms with van der Waals surface area (Å²) in [4.78, 5) is 16.4. The van der Waals surface area contributed by atoms with E-state index < -0.39 is 10.0 Å². The molecule has 8 heteroatoms. The van der Waals surface area contributed by atoms with Gasteiger partial charge in [0.05, 0.1) is 11.2 Å². The molecule has 3 aromatic rings. The summed E-state index contributed by atoms with van der Waals surface area (Å²) < 4.78 is 34.3. The maximum absolute atomic E-state index is 13.5. The van der Waals surface area contributed by atoms with Crippen molar-refractivity contribution >= 4 is 26.9 Å². The lowest BCUT2D eigenvalue weighted by Gasteiger charge is -2.34. The number of piperidine rings is 1. The molecule has 0 unspecified atom stereocenters. The molecule has 1 aromatic heterocycles. The van der Waals surface area contributed by atoms with Crippen molar-refractivity contribution in [1.29, 1.82) is 0 Å². The number of amides is 1. The third kappa shape index (κ3) is 5.08. The summed E-state index contributed by atoms with van der Waals surface area (Å²) in [5, 5.41) is 1.19. The number of rotatable bonds is 7. The summed E-state index contributed by atoms with van der Waals surface area (Å²) in [5.74, 6) is 0.374. The number of benzene rings is 2. The number of fused-ring (bicyclic) bond motifs is 2. The molecule has 3 heterocycles. The monoisotopic (exact) mass is 509 g/mol. The first-order valence-electron chi connectivity index (χ1n) is 12.8. The normalized spacial score (nSPS) is 17.6. The minimum absolute atomic E-state index is 0.0236. The van der Waals surface area contributed by atoms with Gasteiger partial charge in [0, 0.05) is 45.5 Å². The number of para-hydroxylation sites is 1. The molecule has 0 bridgehead atoms. The van der Waals surface area contributed by atoms with Crippen LogP contribution in [0.3, 0.4) is 0 Å². The van der Waals surface area contributed by atoms with Crippen molar-refractivity contribution in [1.82, 2.24) is 14.1 Å². The fraction of sp³-hybridized carbons (Fsp3) is 0.464. The minimum atomic E-state index is -3.59. The molecular weight excluding hydrogens is 474 g/mol. The zero-order valence-corrected chi connectivity index (χ0v) is 22.0. The van der Waals surface area contributed by atoms with E-state index in [4.69, 9.17) is 4.42 Å². The minimum Gasteiger partial charge on any atom is -0.464 e. The quantitative estimate of drug-likeness (QED) is 0.483. The van der Waals surface area contributed by atoms with E-state index in [2.05, 4.69) is 11.0 Å². The van der Waals surface area contributed by atoms with Gasteiger partial charge in [-0.05, 0) is 73.5 Å². The van der Waals surface area contributed by atoms with Crippen LogP contribution in [0.5, 0.6) is 0 Å². The van der Waals surface area contributed by atoms with E-state index in [-0.39, 0.29) is 5.91 Å². The smallest absolute Gasteiger partial charge is 0.243 e. The van der Waals surface area contributed by atoms with Gasteiger partial charge in [-0.15, -0.1) is 0 Å². The van der Waals surface area contributed by atoms with Gasteiger partial charge in [-0.3, -0.25) is 4.79 Å². The molecule has 0 spiro atoms. The zero-order valence-electron chi connectivity index (χ0n) is 21.2. The number of sulfonamides is 1. The van der Waals surface area contributed by atoms with Crippen molar-refractivity contribution in [3.8, 4) is 0 Å². The lowest BCUT2D eigenvalue weighted by molar-refractivity contribution is -0.129. The molecule has 0 saturated carbocycles. The molecule has 36 heavy (non-hydrogen) atoms. The van der Waals surface area contributed by atoms with Crippen LogP contribution in [0.25, 0.3) is 11.0 Å². The third-order valence-corrected chi connectivity index (χ3v) is 9.75. The van der Waals surface area contributed by atoms with Gasteiger partial charge < -0.3 is 14.2 Å². The van der Waals surface area contributed by atoms with Crippen molar-refractivity contribution in [3.05, 3.63) is 65.4 Å². The van der Waals surface area contributed by atoms with Gasteiger partial charge in [-0.2, -0.15) is 0 Å². The summed E-state index contributed by atoms with van der Waals surface area (Å²) in [5.41, 5.74) is 3.98. The first-order valence-corrected chi connectivity index (χ1v) is 14.3. The molecule has 2 aliphatic rings. The molecule has 0 N–H and O–H groups in total. The van der Waals surface area contributed by atoms with E-state index in [0.717, 1.165) is 55.6 Å². The van der Waals surface area contributed by atoms with Gasteiger partial charge in [-0.25, -0.2) is 12.7 Å². The molecular formula is C28H35N3O4S. The first-order chi connectivity index (χ1) is 17.3. The summed E-state index contributed by atoms with van der Waals surface area (Å²) in [6, 6.07) is 13.6. The van der Waals surface area contributed by atoms with Gasteiger partial charge in [-0.1, -0.05) is 30.3 Å². The Bertz CT molecular complexity index is 1340. The van der Waals surface area contributed by atoms with Crippen LogP contribution in [-0.4, -0.2) is 68.2 Å². The highest BCUT2D eigenvalue weighted by Crippen LogP contribution is 2.29. The number of likely N-dealkylation sites (tertiary alicyclic amines) is 1. The highest BCUT2D eigenvalue weighted by atomic mass is 32.2. The number of furan rings is 1. The summed E-state index contributed by atoms with van der Waals surface area (Å²) >= 11 is 0. The number of hydrogen-bond donors (Lipinski definition) is 0. The second kappa shape index (κ2) is 10.4. The molecule has 1 saturated heterocycles. The molecule has 0 radical (unpaired) electrons. The lowest BCUT2D eigenvalue weighted by Crippen LogP contribution is -2.40. The van der Waals surface area contributed by atoms with E-state index in [1.54, 1.807) is 31.0 Å². The molecule has 2 aromatic carbocycles. The van der Waals surface area contributed by atoms with Crippen LogP contribution in [0.1, 0.15) is 36.5 Å². The number of nitrogens with zero attached hydrogens (tertiary/aromatic N) is 3. The van der Waals surface area contributed by atoms with Crippen LogP contribution in [0.15, 0.2) is 58.0 Å². The van der Waals surface area contributed by atoms with Crippen LogP contribution >= 0.6 is 0 Å². The Labute approximate surface area is 213 Å². The predicted octanol–water partition coefficient (Wildman–Crippen LogP) is 3.91. The van der Waals surface area contributed by atoms with Crippen LogP contribution < -0.4 is 0 Å². The average molecular weight is 510 g/mol. The van der Waals surface area contributed by atoms with Crippen molar-refractivity contribution in [2.45, 2.75) is 44.0 Å². The van der Waals surface area contributed by atoms with Crippen molar-refractivity contribution in [2.24, 2.45) is 5.92 Å². The van der Waals surface area contributed by atoms with Gasteiger partial charge in [0.15, 0.2) is 0 Å². The molecule has 2 aliphatic heterocycles. The Balaban J connectivity index is 1.16. The van der Waals surface area contributed by atoms with E-state index in [1.165, 1.54) is 15.3 Å². The van der Waals surface area contributed by atoms with Crippen molar-refractivity contribution < 1.29 is 17.6 Å². The van der Waals surface area contributed by atoms with Crippen molar-refractivity contribution in [3.63, 3.8) is 0 Å². The Morgan fingerprint density at radius 1 is 1.08 bits per heavy atom. The topological polar surface area (TPSA) is 74.1 Å². The van der Waals surface area contributed by atoms with Crippen LogP contribution in [0.4, 0.5) is 0 Å². The maximum Gasteiger partial charge on any atom is 0.243 e. The van der Waals surface area contributed by atoms with Gasteiger partial charge in [0.25, 0.3) is 0 Å². The van der Waals surface area contributed by atoms with Crippen LogP contribution in [-0.2, 0) is 34.2 Å². The molecule has 5 rings (SSSR count). The molecule has 192 valence electrons. The standard InChI is InChI=1S/C28H35N3O4S/c1-21(32)31-17-13-26-23(19-31)6-5-9-28(26)36(33,34)29(2)18-22-10-14-30(15-11-22)16-12-24-20-35-27-8-4-3-7-25(24)27/h3-9,20,22H,10-19H2,1-2H3. The maximum atomic E-state index is 13.5. The largest absolute Gasteiger partial charge is 0.464 e. The van der Waals surface area contributed by atoms with Gasteiger partial charge in [0.1, 0.15) is 5.58 Å².